The first-order valence-corrected chi connectivity index (χ1v) is 23.0. The van der Waals surface area contributed by atoms with Gasteiger partial charge in [0, 0.05) is 51.0 Å². The standard InChI is InChI=1S/C23H31BrClNO4.C23H27BrClNO3/c1-5-14(2)16(10-27)21(3,15-6-7-17(24)18(25)8-15)9-19(28)26-23-11-22(12-23,13-23)20(29)30-4;1-5-14(2)16-10-26(23-11-22(12-23,13-23)20(28)29-4)19(27)9-21(16,3)15-6-7-17(24)18(25)8-15/h6-8,14,16,27H,5,9-13H2,1-4H3,(H,26,28);6-8,10,14H,5,9,11-13H2,1-4H3/t14-,16?,21-,22?,23?;14-,21-,22?,23?/m00/s1. The van der Waals surface area contributed by atoms with Crippen molar-refractivity contribution < 1.29 is 33.8 Å². The number of nitrogens with zero attached hydrogens (tertiary/aromatic N) is 1. The Morgan fingerprint density at radius 3 is 1.93 bits per heavy atom. The van der Waals surface area contributed by atoms with Crippen molar-refractivity contribution in [1.82, 2.24) is 10.2 Å². The van der Waals surface area contributed by atoms with Crippen LogP contribution in [0.2, 0.25) is 10.0 Å². The van der Waals surface area contributed by atoms with Crippen molar-refractivity contribution in [2.45, 2.75) is 128 Å². The fraction of sp³-hybridized carbons (Fsp3) is 0.609. The molecule has 6 fully saturated rings. The van der Waals surface area contributed by atoms with Crippen LogP contribution in [0.4, 0.5) is 0 Å². The molecule has 6 saturated carbocycles. The van der Waals surface area contributed by atoms with E-state index in [1.165, 1.54) is 19.8 Å². The number of allylic oxidation sites excluding steroid dienone is 1. The molecule has 2 N–H and O–H groups in total. The Morgan fingerprint density at radius 2 is 1.44 bits per heavy atom. The van der Waals surface area contributed by atoms with Crippen LogP contribution in [-0.4, -0.2) is 65.7 Å². The van der Waals surface area contributed by atoms with Gasteiger partial charge in [0.15, 0.2) is 0 Å². The van der Waals surface area contributed by atoms with E-state index in [9.17, 15) is 24.3 Å². The Hall–Kier alpha value is -2.44. The molecule has 1 unspecified atom stereocenters. The summed E-state index contributed by atoms with van der Waals surface area (Å²) in [6.45, 7) is 12.8. The van der Waals surface area contributed by atoms with Gasteiger partial charge < -0.3 is 24.8 Å². The molecular weight excluding hydrogens is 923 g/mol. The number of halogens is 4. The van der Waals surface area contributed by atoms with Crippen LogP contribution in [0.15, 0.2) is 57.1 Å². The van der Waals surface area contributed by atoms with Gasteiger partial charge in [-0.05, 0) is 136 Å². The second-order valence-electron chi connectivity index (χ2n) is 18.9. The van der Waals surface area contributed by atoms with Crippen molar-refractivity contribution in [3.63, 3.8) is 0 Å². The molecule has 5 atom stereocenters. The van der Waals surface area contributed by atoms with Crippen molar-refractivity contribution in [2.75, 3.05) is 20.8 Å². The summed E-state index contributed by atoms with van der Waals surface area (Å²) in [4.78, 5) is 52.4. The molecule has 1 aliphatic heterocycles. The molecule has 0 aromatic heterocycles. The van der Waals surface area contributed by atoms with Crippen molar-refractivity contribution >= 4 is 78.8 Å². The van der Waals surface area contributed by atoms with Crippen LogP contribution in [0.25, 0.3) is 0 Å². The third kappa shape index (κ3) is 7.84. The maximum absolute atomic E-state index is 13.3. The summed E-state index contributed by atoms with van der Waals surface area (Å²) < 4.78 is 11.5. The minimum atomic E-state index is -0.581. The lowest BCUT2D eigenvalue weighted by molar-refractivity contribution is -0.226. The number of benzene rings is 2. The number of rotatable bonds is 14. The predicted octanol–water partition coefficient (Wildman–Crippen LogP) is 10.2. The maximum atomic E-state index is 13.3. The molecular formula is C46H58Br2Cl2N2O7. The van der Waals surface area contributed by atoms with E-state index in [4.69, 9.17) is 32.7 Å². The lowest BCUT2D eigenvalue weighted by atomic mass is 9.38. The van der Waals surface area contributed by atoms with Crippen LogP contribution in [0.1, 0.15) is 117 Å². The summed E-state index contributed by atoms with van der Waals surface area (Å²) >= 11 is 19.6. The second kappa shape index (κ2) is 16.7. The number of hydrogen-bond donors (Lipinski definition) is 2. The Kier molecular flexibility index (Phi) is 13.0. The lowest BCUT2D eigenvalue weighted by Crippen LogP contribution is -2.77. The van der Waals surface area contributed by atoms with Gasteiger partial charge in [-0.15, -0.1) is 0 Å². The van der Waals surface area contributed by atoms with Gasteiger partial charge in [-0.1, -0.05) is 83.3 Å². The van der Waals surface area contributed by atoms with Gasteiger partial charge in [0.25, 0.3) is 0 Å². The molecule has 9 rings (SSSR count). The van der Waals surface area contributed by atoms with Crippen molar-refractivity contribution in [3.05, 3.63) is 78.3 Å². The molecule has 7 aliphatic rings. The lowest BCUT2D eigenvalue weighted by Gasteiger charge is -2.71. The molecule has 2 aromatic carbocycles. The van der Waals surface area contributed by atoms with E-state index in [1.807, 2.05) is 42.2 Å². The molecule has 322 valence electrons. The summed E-state index contributed by atoms with van der Waals surface area (Å²) in [5, 5.41) is 14.7. The van der Waals surface area contributed by atoms with Gasteiger partial charge in [-0.3, -0.25) is 19.2 Å². The van der Waals surface area contributed by atoms with Crippen LogP contribution >= 0.6 is 55.1 Å². The molecule has 2 aromatic rings. The summed E-state index contributed by atoms with van der Waals surface area (Å²) in [6, 6.07) is 11.7. The molecule has 0 radical (unpaired) electrons. The average Bonchev–Trinajstić information content (AvgIpc) is 3.13. The smallest absolute Gasteiger partial charge is 0.312 e. The topological polar surface area (TPSA) is 122 Å². The third-order valence-corrected chi connectivity index (χ3v) is 17.5. The third-order valence-electron chi connectivity index (χ3n) is 15.0. The van der Waals surface area contributed by atoms with Crippen molar-refractivity contribution in [1.29, 1.82) is 0 Å². The first kappa shape index (κ1) is 46.1. The number of carbonyl (C=O) groups is 4. The van der Waals surface area contributed by atoms with E-state index < -0.39 is 16.2 Å². The number of esters is 2. The highest BCUT2D eigenvalue weighted by Gasteiger charge is 2.76. The fourth-order valence-electron chi connectivity index (χ4n) is 11.3. The molecule has 9 nitrogen and oxygen atoms in total. The number of nitrogens with one attached hydrogen (secondary N) is 1. The van der Waals surface area contributed by atoms with Gasteiger partial charge in [-0.2, -0.15) is 0 Å². The molecule has 6 aliphatic carbocycles. The Morgan fingerprint density at radius 1 is 0.898 bits per heavy atom. The largest absolute Gasteiger partial charge is 0.469 e. The van der Waals surface area contributed by atoms with Gasteiger partial charge in [0.1, 0.15) is 0 Å². The van der Waals surface area contributed by atoms with E-state index in [0.717, 1.165) is 32.9 Å². The molecule has 2 amide bonds. The number of aliphatic hydroxyl groups is 1. The number of amides is 2. The normalized spacial score (nSPS) is 31.2. The van der Waals surface area contributed by atoms with E-state index in [0.29, 0.717) is 60.9 Å². The predicted molar refractivity (Wildman–Crippen MR) is 237 cm³/mol. The van der Waals surface area contributed by atoms with Gasteiger partial charge in [0.05, 0.1) is 40.6 Å². The summed E-state index contributed by atoms with van der Waals surface area (Å²) in [5.41, 5.74) is 1.04. The average molecular weight is 982 g/mol. The molecule has 4 bridgehead atoms. The molecule has 59 heavy (non-hydrogen) atoms. The Balaban J connectivity index is 0.000000198. The van der Waals surface area contributed by atoms with Gasteiger partial charge in [0.2, 0.25) is 11.8 Å². The molecule has 13 heteroatoms. The summed E-state index contributed by atoms with van der Waals surface area (Å²) in [6.07, 6.45) is 8.72. The van der Waals surface area contributed by atoms with Crippen LogP contribution in [0, 0.1) is 28.6 Å². The zero-order valence-corrected chi connectivity index (χ0v) is 40.1. The Bertz CT molecular complexity index is 2020. The first-order valence-electron chi connectivity index (χ1n) is 20.7. The molecule has 0 saturated heterocycles. The fourth-order valence-corrected chi connectivity index (χ4v) is 12.1. The first-order chi connectivity index (χ1) is 27.6. The minimum Gasteiger partial charge on any atom is -0.469 e. The zero-order valence-electron chi connectivity index (χ0n) is 35.4. The van der Waals surface area contributed by atoms with Crippen molar-refractivity contribution in [2.24, 2.45) is 28.6 Å². The van der Waals surface area contributed by atoms with E-state index >= 15 is 0 Å². The SMILES string of the molecule is CC[C@H](C)C(CO)[C@@](C)(CC(=O)NC12CC(C(=O)OC)(C1)C2)c1ccc(Br)c(Cl)c1.CC[C@H](C)C1=CN(C23CC(C(=O)OC)(C2)C3)C(=O)C[C@@]1(C)c1ccc(Br)c(Cl)c1. The quantitative estimate of drug-likeness (QED) is 0.181. The number of methoxy groups -OCH3 is 2. The minimum absolute atomic E-state index is 0.0108. The van der Waals surface area contributed by atoms with Gasteiger partial charge in [-0.25, -0.2) is 0 Å². The number of carbonyl (C=O) groups excluding carboxylic acids is 4. The number of ether oxygens (including phenoxy) is 2. The Labute approximate surface area is 376 Å². The second-order valence-corrected chi connectivity index (χ2v) is 21.4. The van der Waals surface area contributed by atoms with Crippen LogP contribution < -0.4 is 5.32 Å². The monoisotopic (exact) mass is 978 g/mol. The van der Waals surface area contributed by atoms with Crippen molar-refractivity contribution in [3.8, 4) is 0 Å². The van der Waals surface area contributed by atoms with Crippen LogP contribution in [-0.2, 0) is 39.5 Å². The number of hydrogen-bond acceptors (Lipinski definition) is 7. The summed E-state index contributed by atoms with van der Waals surface area (Å²) in [7, 11) is 2.85. The van der Waals surface area contributed by atoms with Gasteiger partial charge >= 0.3 is 11.9 Å². The van der Waals surface area contributed by atoms with Crippen LogP contribution in [0.5, 0.6) is 0 Å². The number of aliphatic hydroxyl groups excluding tert-OH is 1. The van der Waals surface area contributed by atoms with E-state index in [-0.39, 0.29) is 65.1 Å². The highest BCUT2D eigenvalue weighted by atomic mass is 79.9. The maximum Gasteiger partial charge on any atom is 0.312 e. The zero-order chi connectivity index (χ0) is 43.5. The molecule has 0 spiro atoms. The molecule has 1 heterocycles. The van der Waals surface area contributed by atoms with E-state index in [1.54, 1.807) is 0 Å². The highest BCUT2D eigenvalue weighted by molar-refractivity contribution is 9.10. The van der Waals surface area contributed by atoms with Crippen LogP contribution in [0.3, 0.4) is 0 Å². The summed E-state index contributed by atoms with van der Waals surface area (Å²) in [5.74, 6) is 0.218. The van der Waals surface area contributed by atoms with E-state index in [2.05, 4.69) is 84.1 Å². The highest BCUT2D eigenvalue weighted by Crippen LogP contribution is 2.71.